The molecule has 2 N–H and O–H groups in total. The average molecular weight is 326 g/mol. The summed E-state index contributed by atoms with van der Waals surface area (Å²) in [6.45, 7) is 3.64. The molecule has 4 nitrogen and oxygen atoms in total. The van der Waals surface area contributed by atoms with E-state index < -0.39 is 0 Å². The van der Waals surface area contributed by atoms with Crippen molar-refractivity contribution in [2.75, 3.05) is 25.5 Å². The van der Waals surface area contributed by atoms with Gasteiger partial charge in [0.1, 0.15) is 5.75 Å². The zero-order valence-electron chi connectivity index (χ0n) is 14.5. The minimum atomic E-state index is 0.0381. The van der Waals surface area contributed by atoms with Gasteiger partial charge in [0.25, 0.3) is 0 Å². The van der Waals surface area contributed by atoms with Crippen molar-refractivity contribution >= 4 is 11.6 Å². The maximum atomic E-state index is 11.9. The maximum absolute atomic E-state index is 11.9. The Morgan fingerprint density at radius 2 is 1.62 bits per heavy atom. The summed E-state index contributed by atoms with van der Waals surface area (Å²) in [7, 11) is 1.67. The summed E-state index contributed by atoms with van der Waals surface area (Å²) in [5.74, 6) is 0.909. The largest absolute Gasteiger partial charge is 0.497 e. The van der Waals surface area contributed by atoms with E-state index >= 15 is 0 Å². The Bertz CT molecular complexity index is 621. The van der Waals surface area contributed by atoms with Crippen LogP contribution in [0.1, 0.15) is 24.5 Å². The van der Waals surface area contributed by atoms with Gasteiger partial charge in [-0.2, -0.15) is 0 Å². The van der Waals surface area contributed by atoms with Crippen LogP contribution in [0.2, 0.25) is 0 Å². The third-order valence-electron chi connectivity index (χ3n) is 3.92. The van der Waals surface area contributed by atoms with Crippen LogP contribution < -0.4 is 15.4 Å². The molecule has 0 spiro atoms. The van der Waals surface area contributed by atoms with Gasteiger partial charge in [-0.1, -0.05) is 31.2 Å². The van der Waals surface area contributed by atoms with Crippen molar-refractivity contribution in [3.05, 3.63) is 59.7 Å². The number of rotatable bonds is 9. The van der Waals surface area contributed by atoms with Gasteiger partial charge in [0.15, 0.2) is 0 Å². The second-order valence-corrected chi connectivity index (χ2v) is 5.70. The van der Waals surface area contributed by atoms with E-state index in [0.29, 0.717) is 13.0 Å². The lowest BCUT2D eigenvalue weighted by atomic mass is 10.1. The van der Waals surface area contributed by atoms with Gasteiger partial charge in [-0.3, -0.25) is 4.79 Å². The van der Waals surface area contributed by atoms with Crippen LogP contribution in [-0.4, -0.2) is 26.1 Å². The zero-order chi connectivity index (χ0) is 17.2. The Labute approximate surface area is 144 Å². The van der Waals surface area contributed by atoms with E-state index in [4.69, 9.17) is 4.74 Å². The highest BCUT2D eigenvalue weighted by molar-refractivity contribution is 5.90. The quantitative estimate of drug-likeness (QED) is 0.694. The molecule has 0 fully saturated rings. The van der Waals surface area contributed by atoms with Gasteiger partial charge < -0.3 is 15.4 Å². The Kier molecular flexibility index (Phi) is 7.30. The van der Waals surface area contributed by atoms with Crippen molar-refractivity contribution in [3.8, 4) is 5.75 Å². The average Bonchev–Trinajstić information content (AvgIpc) is 2.62. The molecule has 0 aliphatic heterocycles. The Balaban J connectivity index is 1.61. The van der Waals surface area contributed by atoms with Crippen LogP contribution >= 0.6 is 0 Å². The molecule has 0 saturated carbocycles. The van der Waals surface area contributed by atoms with Crippen LogP contribution in [0.15, 0.2) is 48.5 Å². The molecule has 0 aliphatic rings. The van der Waals surface area contributed by atoms with E-state index in [0.717, 1.165) is 30.8 Å². The van der Waals surface area contributed by atoms with Crippen LogP contribution in [-0.2, 0) is 17.6 Å². The number of hydrogen-bond acceptors (Lipinski definition) is 3. The van der Waals surface area contributed by atoms with Crippen molar-refractivity contribution in [3.63, 3.8) is 0 Å². The molecule has 2 rings (SSSR count). The molecule has 24 heavy (non-hydrogen) atoms. The highest BCUT2D eigenvalue weighted by Gasteiger charge is 2.02. The number of nitrogens with one attached hydrogen (secondary N) is 2. The first-order valence-electron chi connectivity index (χ1n) is 8.43. The predicted molar refractivity (Wildman–Crippen MR) is 98.6 cm³/mol. The number of anilines is 1. The molecule has 128 valence electrons. The first-order valence-corrected chi connectivity index (χ1v) is 8.43. The number of amides is 1. The smallest absolute Gasteiger partial charge is 0.225 e. The Morgan fingerprint density at radius 1 is 0.958 bits per heavy atom. The van der Waals surface area contributed by atoms with Crippen molar-refractivity contribution < 1.29 is 9.53 Å². The fourth-order valence-electron chi connectivity index (χ4n) is 2.40. The summed E-state index contributed by atoms with van der Waals surface area (Å²) in [5, 5.41) is 6.23. The number of carbonyl (C=O) groups is 1. The number of hydrogen-bond donors (Lipinski definition) is 2. The lowest BCUT2D eigenvalue weighted by Crippen LogP contribution is -2.23. The molecule has 2 aromatic carbocycles. The lowest BCUT2D eigenvalue weighted by molar-refractivity contribution is -0.116. The standard InChI is InChI=1S/C20H26N2O2/c1-3-16-4-8-18(9-5-16)22-20(23)13-15-21-14-12-17-6-10-19(24-2)11-7-17/h4-11,21H,3,12-15H2,1-2H3,(H,22,23). The van der Waals surface area contributed by atoms with Gasteiger partial charge in [-0.25, -0.2) is 0 Å². The fraction of sp³-hybridized carbons (Fsp3) is 0.350. The van der Waals surface area contributed by atoms with Crippen molar-refractivity contribution in [1.82, 2.24) is 5.32 Å². The lowest BCUT2D eigenvalue weighted by Gasteiger charge is -2.08. The molecular formula is C20H26N2O2. The number of benzene rings is 2. The number of methoxy groups -OCH3 is 1. The van der Waals surface area contributed by atoms with Gasteiger partial charge in [-0.15, -0.1) is 0 Å². The van der Waals surface area contributed by atoms with Gasteiger partial charge in [-0.05, 0) is 54.8 Å². The van der Waals surface area contributed by atoms with Crippen molar-refractivity contribution in [1.29, 1.82) is 0 Å². The first kappa shape index (κ1) is 18.0. The van der Waals surface area contributed by atoms with Crippen molar-refractivity contribution in [2.24, 2.45) is 0 Å². The minimum Gasteiger partial charge on any atom is -0.497 e. The molecule has 0 aliphatic carbocycles. The van der Waals surface area contributed by atoms with E-state index in [-0.39, 0.29) is 5.91 Å². The number of carbonyl (C=O) groups excluding carboxylic acids is 1. The van der Waals surface area contributed by atoms with E-state index in [9.17, 15) is 4.79 Å². The summed E-state index contributed by atoms with van der Waals surface area (Å²) in [6, 6.07) is 16.0. The second kappa shape index (κ2) is 9.73. The van der Waals surface area contributed by atoms with Gasteiger partial charge >= 0.3 is 0 Å². The molecule has 0 atom stereocenters. The third-order valence-corrected chi connectivity index (χ3v) is 3.92. The Morgan fingerprint density at radius 3 is 2.25 bits per heavy atom. The molecule has 0 heterocycles. The second-order valence-electron chi connectivity index (χ2n) is 5.70. The summed E-state index contributed by atoms with van der Waals surface area (Å²) in [5.41, 5.74) is 3.38. The molecule has 2 aromatic rings. The van der Waals surface area contributed by atoms with Gasteiger partial charge in [0.2, 0.25) is 5.91 Å². The summed E-state index contributed by atoms with van der Waals surface area (Å²) < 4.78 is 5.14. The molecule has 0 bridgehead atoms. The van der Waals surface area contributed by atoms with Crippen LogP contribution in [0.5, 0.6) is 5.75 Å². The number of ether oxygens (including phenoxy) is 1. The minimum absolute atomic E-state index is 0.0381. The van der Waals surface area contributed by atoms with Crippen LogP contribution in [0.4, 0.5) is 5.69 Å². The molecule has 1 amide bonds. The van der Waals surface area contributed by atoms with Crippen LogP contribution in [0.3, 0.4) is 0 Å². The topological polar surface area (TPSA) is 50.4 Å². The Hall–Kier alpha value is -2.33. The summed E-state index contributed by atoms with van der Waals surface area (Å²) in [6.07, 6.45) is 2.41. The van der Waals surface area contributed by atoms with E-state index in [1.807, 2.05) is 36.4 Å². The molecule has 0 saturated heterocycles. The van der Waals surface area contributed by atoms with E-state index in [1.54, 1.807) is 7.11 Å². The van der Waals surface area contributed by atoms with Crippen LogP contribution in [0, 0.1) is 0 Å². The molecule has 0 radical (unpaired) electrons. The normalized spacial score (nSPS) is 10.4. The first-order chi connectivity index (χ1) is 11.7. The van der Waals surface area contributed by atoms with E-state index in [1.165, 1.54) is 11.1 Å². The SMILES string of the molecule is CCc1ccc(NC(=O)CCNCCc2ccc(OC)cc2)cc1. The molecule has 0 unspecified atom stereocenters. The predicted octanol–water partition coefficient (Wildman–Crippen LogP) is 3.42. The highest BCUT2D eigenvalue weighted by atomic mass is 16.5. The molecule has 0 aromatic heterocycles. The van der Waals surface area contributed by atoms with Crippen LogP contribution in [0.25, 0.3) is 0 Å². The van der Waals surface area contributed by atoms with Gasteiger partial charge in [0.05, 0.1) is 7.11 Å². The number of aryl methyl sites for hydroxylation is 1. The molecule has 4 heteroatoms. The monoisotopic (exact) mass is 326 g/mol. The molecular weight excluding hydrogens is 300 g/mol. The fourth-order valence-corrected chi connectivity index (χ4v) is 2.40. The van der Waals surface area contributed by atoms with Gasteiger partial charge in [0, 0.05) is 18.7 Å². The van der Waals surface area contributed by atoms with Crippen molar-refractivity contribution in [2.45, 2.75) is 26.2 Å². The third kappa shape index (κ3) is 6.05. The summed E-state index contributed by atoms with van der Waals surface area (Å²) in [4.78, 5) is 11.9. The summed E-state index contributed by atoms with van der Waals surface area (Å²) >= 11 is 0. The maximum Gasteiger partial charge on any atom is 0.225 e. The van der Waals surface area contributed by atoms with E-state index in [2.05, 4.69) is 29.7 Å². The zero-order valence-corrected chi connectivity index (χ0v) is 14.5. The highest BCUT2D eigenvalue weighted by Crippen LogP contribution is 2.11.